The maximum absolute atomic E-state index is 13.0. The van der Waals surface area contributed by atoms with Gasteiger partial charge in [-0.2, -0.15) is 0 Å². The molecule has 2 aromatic rings. The standard InChI is InChI=1S/C20H26N4O/c1-22(2)11-19-13-23(12-18-10-21-14-24(18)19)20(25)9-15-7-16-5-3-4-6-17(16)8-15/h3-6,10,14-15,19H,7-9,11-13H2,1-2H3. The molecule has 1 aromatic heterocycles. The number of hydrogen-bond acceptors (Lipinski definition) is 3. The minimum atomic E-state index is 0.283. The molecule has 1 atom stereocenters. The van der Waals surface area contributed by atoms with Crippen LogP contribution in [0.2, 0.25) is 0 Å². The predicted molar refractivity (Wildman–Crippen MR) is 97.2 cm³/mol. The van der Waals surface area contributed by atoms with Gasteiger partial charge in [-0.3, -0.25) is 4.79 Å². The zero-order valence-corrected chi connectivity index (χ0v) is 15.1. The smallest absolute Gasteiger partial charge is 0.223 e. The van der Waals surface area contributed by atoms with Crippen LogP contribution in [0.4, 0.5) is 0 Å². The van der Waals surface area contributed by atoms with E-state index in [0.29, 0.717) is 18.9 Å². The third kappa shape index (κ3) is 3.33. The fourth-order valence-electron chi connectivity index (χ4n) is 4.31. The van der Waals surface area contributed by atoms with E-state index >= 15 is 0 Å². The van der Waals surface area contributed by atoms with Gasteiger partial charge >= 0.3 is 0 Å². The second-order valence-electron chi connectivity index (χ2n) is 7.73. The zero-order valence-electron chi connectivity index (χ0n) is 15.1. The van der Waals surface area contributed by atoms with Crippen molar-refractivity contribution in [2.24, 2.45) is 5.92 Å². The number of nitrogens with zero attached hydrogens (tertiary/aromatic N) is 4. The van der Waals surface area contributed by atoms with E-state index in [-0.39, 0.29) is 11.9 Å². The highest BCUT2D eigenvalue weighted by Gasteiger charge is 2.31. The Morgan fingerprint density at radius 3 is 2.64 bits per heavy atom. The molecule has 2 heterocycles. The van der Waals surface area contributed by atoms with Gasteiger partial charge in [-0.25, -0.2) is 4.98 Å². The van der Waals surface area contributed by atoms with Crippen molar-refractivity contribution in [2.45, 2.75) is 31.8 Å². The van der Waals surface area contributed by atoms with E-state index in [4.69, 9.17) is 0 Å². The largest absolute Gasteiger partial charge is 0.335 e. The number of aromatic nitrogens is 2. The summed E-state index contributed by atoms with van der Waals surface area (Å²) in [5.74, 6) is 0.734. The molecule has 1 unspecified atom stereocenters. The Bertz CT molecular complexity index is 742. The number of carbonyl (C=O) groups excluding carboxylic acids is 1. The number of imidazole rings is 1. The Morgan fingerprint density at radius 2 is 1.96 bits per heavy atom. The molecule has 2 aliphatic rings. The molecule has 0 spiro atoms. The van der Waals surface area contributed by atoms with Gasteiger partial charge in [-0.1, -0.05) is 24.3 Å². The second-order valence-corrected chi connectivity index (χ2v) is 7.73. The van der Waals surface area contributed by atoms with Gasteiger partial charge < -0.3 is 14.4 Å². The van der Waals surface area contributed by atoms with Gasteiger partial charge in [0.05, 0.1) is 24.6 Å². The molecule has 4 rings (SSSR count). The first-order valence-electron chi connectivity index (χ1n) is 9.10. The summed E-state index contributed by atoms with van der Waals surface area (Å²) in [4.78, 5) is 21.5. The summed E-state index contributed by atoms with van der Waals surface area (Å²) in [5.41, 5.74) is 3.98. The van der Waals surface area contributed by atoms with E-state index in [1.54, 1.807) is 0 Å². The van der Waals surface area contributed by atoms with Crippen molar-refractivity contribution in [3.8, 4) is 0 Å². The van der Waals surface area contributed by atoms with E-state index in [2.05, 4.69) is 52.8 Å². The minimum Gasteiger partial charge on any atom is -0.335 e. The van der Waals surface area contributed by atoms with Crippen molar-refractivity contribution < 1.29 is 4.79 Å². The Balaban J connectivity index is 1.43. The fraction of sp³-hybridized carbons (Fsp3) is 0.500. The lowest BCUT2D eigenvalue weighted by atomic mass is 10.0. The molecule has 0 fully saturated rings. The van der Waals surface area contributed by atoms with Crippen LogP contribution < -0.4 is 0 Å². The highest BCUT2D eigenvalue weighted by Crippen LogP contribution is 2.30. The van der Waals surface area contributed by atoms with Crippen molar-refractivity contribution in [1.82, 2.24) is 19.4 Å². The van der Waals surface area contributed by atoms with Crippen LogP contribution in [0.3, 0.4) is 0 Å². The van der Waals surface area contributed by atoms with Crippen molar-refractivity contribution in [3.63, 3.8) is 0 Å². The second kappa shape index (κ2) is 6.64. The number of likely N-dealkylation sites (N-methyl/N-ethyl adjacent to an activating group) is 1. The first kappa shape index (κ1) is 16.3. The van der Waals surface area contributed by atoms with Gasteiger partial charge in [0.2, 0.25) is 5.91 Å². The average Bonchev–Trinajstić information content (AvgIpc) is 3.19. The predicted octanol–water partition coefficient (Wildman–Crippen LogP) is 2.13. The lowest BCUT2D eigenvalue weighted by molar-refractivity contribution is -0.134. The van der Waals surface area contributed by atoms with E-state index in [0.717, 1.165) is 31.6 Å². The number of fused-ring (bicyclic) bond motifs is 2. The molecular weight excluding hydrogens is 312 g/mol. The minimum absolute atomic E-state index is 0.283. The van der Waals surface area contributed by atoms with E-state index in [1.807, 2.05) is 17.4 Å². The molecule has 1 aliphatic heterocycles. The summed E-state index contributed by atoms with van der Waals surface area (Å²) in [6, 6.07) is 8.88. The van der Waals surface area contributed by atoms with Crippen LogP contribution in [-0.2, 0) is 24.2 Å². The van der Waals surface area contributed by atoms with Crippen molar-refractivity contribution >= 4 is 5.91 Å². The van der Waals surface area contributed by atoms with Gasteiger partial charge in [-0.15, -0.1) is 0 Å². The van der Waals surface area contributed by atoms with Crippen LogP contribution in [0.15, 0.2) is 36.8 Å². The molecule has 0 saturated heterocycles. The van der Waals surface area contributed by atoms with Crippen molar-refractivity contribution in [3.05, 3.63) is 53.6 Å². The number of carbonyl (C=O) groups is 1. The van der Waals surface area contributed by atoms with Gasteiger partial charge in [0.25, 0.3) is 0 Å². The van der Waals surface area contributed by atoms with E-state index in [9.17, 15) is 4.79 Å². The number of amides is 1. The Labute approximate surface area is 149 Å². The summed E-state index contributed by atoms with van der Waals surface area (Å²) in [6.45, 7) is 2.38. The van der Waals surface area contributed by atoms with Gasteiger partial charge in [0.15, 0.2) is 0 Å². The number of hydrogen-bond donors (Lipinski definition) is 0. The average molecular weight is 338 g/mol. The molecule has 1 aliphatic carbocycles. The van der Waals surface area contributed by atoms with Crippen LogP contribution >= 0.6 is 0 Å². The molecule has 1 amide bonds. The third-order valence-corrected chi connectivity index (χ3v) is 5.45. The highest BCUT2D eigenvalue weighted by atomic mass is 16.2. The summed E-state index contributed by atoms with van der Waals surface area (Å²) < 4.78 is 2.23. The topological polar surface area (TPSA) is 41.4 Å². The maximum Gasteiger partial charge on any atom is 0.223 e. The number of rotatable bonds is 4. The molecule has 0 bridgehead atoms. The SMILES string of the molecule is CN(C)CC1CN(C(=O)CC2Cc3ccccc3C2)Cc2cncn21. The lowest BCUT2D eigenvalue weighted by Crippen LogP contribution is -2.44. The molecule has 132 valence electrons. The molecule has 1 aromatic carbocycles. The number of benzene rings is 1. The quantitative estimate of drug-likeness (QED) is 0.858. The fourth-order valence-corrected chi connectivity index (χ4v) is 4.31. The third-order valence-electron chi connectivity index (χ3n) is 5.45. The van der Waals surface area contributed by atoms with Gasteiger partial charge in [0.1, 0.15) is 0 Å². The molecule has 0 saturated carbocycles. The van der Waals surface area contributed by atoms with E-state index < -0.39 is 0 Å². The van der Waals surface area contributed by atoms with Crippen molar-refractivity contribution in [2.75, 3.05) is 27.2 Å². The first-order valence-corrected chi connectivity index (χ1v) is 9.10. The molecule has 0 radical (unpaired) electrons. The first-order chi connectivity index (χ1) is 12.1. The normalized spacial score (nSPS) is 20.0. The Hall–Kier alpha value is -2.14. The Kier molecular flexibility index (Phi) is 4.34. The zero-order chi connectivity index (χ0) is 17.4. The molecule has 5 nitrogen and oxygen atoms in total. The molecule has 0 N–H and O–H groups in total. The van der Waals surface area contributed by atoms with Crippen LogP contribution in [0, 0.1) is 5.92 Å². The van der Waals surface area contributed by atoms with Crippen LogP contribution in [0.1, 0.15) is 29.3 Å². The Morgan fingerprint density at radius 1 is 1.24 bits per heavy atom. The van der Waals surface area contributed by atoms with E-state index in [1.165, 1.54) is 11.1 Å². The van der Waals surface area contributed by atoms with Crippen LogP contribution in [-0.4, -0.2) is 52.4 Å². The van der Waals surface area contributed by atoms with Gasteiger partial charge in [-0.05, 0) is 44.0 Å². The van der Waals surface area contributed by atoms with Crippen LogP contribution in [0.25, 0.3) is 0 Å². The molecular formula is C20H26N4O. The summed E-state index contributed by atoms with van der Waals surface area (Å²) in [5, 5.41) is 0. The van der Waals surface area contributed by atoms with Crippen molar-refractivity contribution in [1.29, 1.82) is 0 Å². The van der Waals surface area contributed by atoms with Gasteiger partial charge in [0, 0.05) is 25.7 Å². The molecule has 5 heteroatoms. The maximum atomic E-state index is 13.0. The monoisotopic (exact) mass is 338 g/mol. The highest BCUT2D eigenvalue weighted by molar-refractivity contribution is 5.76. The molecule has 25 heavy (non-hydrogen) atoms. The summed E-state index contributed by atoms with van der Waals surface area (Å²) in [7, 11) is 4.15. The van der Waals surface area contributed by atoms with Crippen LogP contribution in [0.5, 0.6) is 0 Å². The summed E-state index contributed by atoms with van der Waals surface area (Å²) in [6.07, 6.45) is 6.52. The summed E-state index contributed by atoms with van der Waals surface area (Å²) >= 11 is 0. The lowest BCUT2D eigenvalue weighted by Gasteiger charge is -2.36.